The number of esters is 1. The average Bonchev–Trinajstić information content (AvgIpc) is 2.35. The van der Waals surface area contributed by atoms with Gasteiger partial charge in [-0.25, -0.2) is 0 Å². The zero-order valence-corrected chi connectivity index (χ0v) is 8.04. The van der Waals surface area contributed by atoms with Gasteiger partial charge >= 0.3 is 5.97 Å². The zero-order valence-electron chi connectivity index (χ0n) is 8.04. The number of hydrogen-bond donors (Lipinski definition) is 0. The van der Waals surface area contributed by atoms with E-state index in [0.717, 1.165) is 19.5 Å². The van der Waals surface area contributed by atoms with Gasteiger partial charge in [-0.05, 0) is 13.5 Å². The number of carbonyl (C=O) groups is 1. The number of carbonyl (C=O) groups excluding carboxylic acids is 1. The molecule has 0 saturated carbocycles. The Morgan fingerprint density at radius 1 is 1.58 bits per heavy atom. The summed E-state index contributed by atoms with van der Waals surface area (Å²) >= 11 is 0. The summed E-state index contributed by atoms with van der Waals surface area (Å²) in [6.07, 6.45) is 1.11. The normalized spacial score (nSPS) is 24.8. The van der Waals surface area contributed by atoms with Crippen LogP contribution >= 0.6 is 0 Å². The molecule has 0 unspecified atom stereocenters. The molecule has 12 heavy (non-hydrogen) atoms. The first kappa shape index (κ1) is 9.52. The summed E-state index contributed by atoms with van der Waals surface area (Å²) in [5, 5.41) is 0. The highest BCUT2D eigenvalue weighted by Gasteiger charge is 2.23. The van der Waals surface area contributed by atoms with E-state index in [2.05, 4.69) is 4.90 Å². The van der Waals surface area contributed by atoms with Crippen molar-refractivity contribution in [3.05, 3.63) is 0 Å². The maximum Gasteiger partial charge on any atom is 0.308 e. The summed E-state index contributed by atoms with van der Waals surface area (Å²) in [5.41, 5.74) is 0. The minimum absolute atomic E-state index is 0.00379. The maximum atomic E-state index is 11.2. The topological polar surface area (TPSA) is 29.5 Å². The van der Waals surface area contributed by atoms with Crippen LogP contribution in [0.15, 0.2) is 0 Å². The molecule has 0 radical (unpaired) electrons. The van der Waals surface area contributed by atoms with Gasteiger partial charge in [0, 0.05) is 13.1 Å². The molecule has 70 valence electrons. The van der Waals surface area contributed by atoms with Gasteiger partial charge in [0.25, 0.3) is 0 Å². The van der Waals surface area contributed by atoms with Crippen molar-refractivity contribution < 1.29 is 9.53 Å². The zero-order chi connectivity index (χ0) is 9.14. The van der Waals surface area contributed by atoms with Crippen LogP contribution in [0.2, 0.25) is 0 Å². The van der Waals surface area contributed by atoms with E-state index < -0.39 is 0 Å². The second-order valence-electron chi connectivity index (χ2n) is 3.76. The Balaban J connectivity index is 2.28. The first-order valence-electron chi connectivity index (χ1n) is 4.48. The molecule has 1 aliphatic heterocycles. The Labute approximate surface area is 73.7 Å². The molecule has 0 aliphatic carbocycles. The molecule has 3 heteroatoms. The standard InChI is InChI=1S/C9H17NO2/c1-7(2)9(11)12-8-4-5-10(3)6-8/h7-8H,4-6H2,1-3H3/t8-/m0/s1. The third-order valence-electron chi connectivity index (χ3n) is 2.10. The quantitative estimate of drug-likeness (QED) is 0.578. The first-order valence-corrected chi connectivity index (χ1v) is 4.48. The molecule has 1 rings (SSSR count). The van der Waals surface area contributed by atoms with Crippen LogP contribution in [0.1, 0.15) is 20.3 Å². The minimum Gasteiger partial charge on any atom is -0.461 e. The van der Waals surface area contributed by atoms with Gasteiger partial charge in [0.05, 0.1) is 5.92 Å². The molecule has 0 aromatic rings. The van der Waals surface area contributed by atoms with Crippen molar-refractivity contribution in [3.8, 4) is 0 Å². The largest absolute Gasteiger partial charge is 0.461 e. The van der Waals surface area contributed by atoms with Crippen LogP contribution in [0.4, 0.5) is 0 Å². The molecule has 3 nitrogen and oxygen atoms in total. The van der Waals surface area contributed by atoms with Gasteiger partial charge in [-0.3, -0.25) is 4.79 Å². The molecule has 1 atom stereocenters. The number of ether oxygens (including phenoxy) is 1. The van der Waals surface area contributed by atoms with E-state index in [-0.39, 0.29) is 18.0 Å². The van der Waals surface area contributed by atoms with Crippen LogP contribution in [0.5, 0.6) is 0 Å². The number of hydrogen-bond acceptors (Lipinski definition) is 3. The summed E-state index contributed by atoms with van der Waals surface area (Å²) < 4.78 is 5.26. The number of nitrogens with zero attached hydrogens (tertiary/aromatic N) is 1. The monoisotopic (exact) mass is 171 g/mol. The molecule has 1 saturated heterocycles. The van der Waals surface area contributed by atoms with Crippen LogP contribution in [0.25, 0.3) is 0 Å². The smallest absolute Gasteiger partial charge is 0.308 e. The lowest BCUT2D eigenvalue weighted by Gasteiger charge is -2.13. The van der Waals surface area contributed by atoms with Gasteiger partial charge in [-0.2, -0.15) is 0 Å². The van der Waals surface area contributed by atoms with E-state index >= 15 is 0 Å². The van der Waals surface area contributed by atoms with E-state index in [4.69, 9.17) is 4.74 Å². The van der Waals surface area contributed by atoms with Crippen molar-refractivity contribution >= 4 is 5.97 Å². The Kier molecular flexibility index (Phi) is 3.09. The van der Waals surface area contributed by atoms with Crippen LogP contribution in [-0.4, -0.2) is 37.1 Å². The fourth-order valence-corrected chi connectivity index (χ4v) is 1.29. The molecule has 0 amide bonds. The second kappa shape index (κ2) is 3.90. The van der Waals surface area contributed by atoms with Gasteiger partial charge in [0.15, 0.2) is 0 Å². The van der Waals surface area contributed by atoms with Crippen LogP contribution < -0.4 is 0 Å². The van der Waals surface area contributed by atoms with Gasteiger partial charge in [0.2, 0.25) is 0 Å². The fraction of sp³-hybridized carbons (Fsp3) is 0.889. The predicted molar refractivity (Wildman–Crippen MR) is 46.8 cm³/mol. The van der Waals surface area contributed by atoms with Gasteiger partial charge in [-0.1, -0.05) is 13.8 Å². The van der Waals surface area contributed by atoms with E-state index in [9.17, 15) is 4.79 Å². The highest BCUT2D eigenvalue weighted by atomic mass is 16.5. The van der Waals surface area contributed by atoms with Crippen LogP contribution in [0.3, 0.4) is 0 Å². The molecular formula is C9H17NO2. The third kappa shape index (κ3) is 2.48. The molecule has 0 spiro atoms. The highest BCUT2D eigenvalue weighted by molar-refractivity contribution is 5.71. The van der Waals surface area contributed by atoms with Gasteiger partial charge in [-0.15, -0.1) is 0 Å². The summed E-state index contributed by atoms with van der Waals surface area (Å²) in [6.45, 7) is 5.65. The van der Waals surface area contributed by atoms with E-state index in [0.29, 0.717) is 0 Å². The Bertz CT molecular complexity index is 168. The number of likely N-dealkylation sites (tertiary alicyclic amines) is 1. The number of likely N-dealkylation sites (N-methyl/N-ethyl adjacent to an activating group) is 1. The third-order valence-corrected chi connectivity index (χ3v) is 2.10. The highest BCUT2D eigenvalue weighted by Crippen LogP contribution is 2.12. The lowest BCUT2D eigenvalue weighted by Crippen LogP contribution is -2.24. The predicted octanol–water partition coefficient (Wildman–Crippen LogP) is 0.890. The van der Waals surface area contributed by atoms with Crippen LogP contribution in [0, 0.1) is 5.92 Å². The van der Waals surface area contributed by atoms with E-state index in [1.165, 1.54) is 0 Å². The van der Waals surface area contributed by atoms with Crippen molar-refractivity contribution in [1.29, 1.82) is 0 Å². The SMILES string of the molecule is CC(C)C(=O)O[C@H]1CCN(C)C1. The fourth-order valence-electron chi connectivity index (χ4n) is 1.29. The second-order valence-corrected chi connectivity index (χ2v) is 3.76. The van der Waals surface area contributed by atoms with Crippen molar-refractivity contribution in [1.82, 2.24) is 4.90 Å². The van der Waals surface area contributed by atoms with Crippen LogP contribution in [-0.2, 0) is 9.53 Å². The van der Waals surface area contributed by atoms with E-state index in [1.807, 2.05) is 20.9 Å². The summed E-state index contributed by atoms with van der Waals surface area (Å²) in [5.74, 6) is -0.0776. The summed E-state index contributed by atoms with van der Waals surface area (Å²) in [7, 11) is 2.04. The molecule has 0 aromatic carbocycles. The molecule has 1 heterocycles. The maximum absolute atomic E-state index is 11.2. The molecule has 0 aromatic heterocycles. The number of rotatable bonds is 2. The first-order chi connectivity index (χ1) is 5.59. The molecule has 1 aliphatic rings. The Hall–Kier alpha value is -0.570. The molecular weight excluding hydrogens is 154 g/mol. The lowest BCUT2D eigenvalue weighted by atomic mass is 10.2. The van der Waals surface area contributed by atoms with Crippen molar-refractivity contribution in [3.63, 3.8) is 0 Å². The molecule has 0 N–H and O–H groups in total. The van der Waals surface area contributed by atoms with Gasteiger partial charge < -0.3 is 9.64 Å². The Morgan fingerprint density at radius 3 is 2.67 bits per heavy atom. The summed E-state index contributed by atoms with van der Waals surface area (Å²) in [6, 6.07) is 0. The average molecular weight is 171 g/mol. The molecule has 0 bridgehead atoms. The Morgan fingerprint density at radius 2 is 2.25 bits per heavy atom. The molecule has 1 fully saturated rings. The summed E-state index contributed by atoms with van der Waals surface area (Å²) in [4.78, 5) is 13.3. The lowest BCUT2D eigenvalue weighted by molar-refractivity contribution is -0.152. The van der Waals surface area contributed by atoms with Crippen molar-refractivity contribution in [2.75, 3.05) is 20.1 Å². The van der Waals surface area contributed by atoms with Crippen molar-refractivity contribution in [2.24, 2.45) is 5.92 Å². The minimum atomic E-state index is -0.0738. The van der Waals surface area contributed by atoms with Gasteiger partial charge in [0.1, 0.15) is 6.10 Å². The van der Waals surface area contributed by atoms with E-state index in [1.54, 1.807) is 0 Å². The van der Waals surface area contributed by atoms with Crippen molar-refractivity contribution in [2.45, 2.75) is 26.4 Å².